The number of benzene rings is 2. The molecule has 0 amide bonds. The quantitative estimate of drug-likeness (QED) is 0.268. The molecule has 2 rings (SSSR count). The van der Waals surface area contributed by atoms with Gasteiger partial charge in [-0.05, 0) is 42.4 Å². The van der Waals surface area contributed by atoms with E-state index < -0.39 is 20.8 Å². The number of hydrogen-bond acceptors (Lipinski definition) is 4. The first-order chi connectivity index (χ1) is 14.4. The molecule has 0 fully saturated rings. The zero-order chi connectivity index (χ0) is 21.8. The largest absolute Gasteiger partial charge is 1.00 e. The van der Waals surface area contributed by atoms with Crippen molar-refractivity contribution in [2.24, 2.45) is 0 Å². The molecular formula is C24H33NaO5S. The zero-order valence-corrected chi connectivity index (χ0v) is 21.6. The van der Waals surface area contributed by atoms with Gasteiger partial charge < -0.3 is 9.84 Å². The van der Waals surface area contributed by atoms with E-state index in [0.717, 1.165) is 19.3 Å². The van der Waals surface area contributed by atoms with Crippen LogP contribution in [0.3, 0.4) is 0 Å². The Hall–Kier alpha value is -1.05. The summed E-state index contributed by atoms with van der Waals surface area (Å²) in [7, 11) is -4.63. The first-order valence-corrected chi connectivity index (χ1v) is 12.4. The molecule has 0 unspecified atom stereocenters. The van der Waals surface area contributed by atoms with Crippen LogP contribution >= 0.6 is 0 Å². The third kappa shape index (κ3) is 9.96. The van der Waals surface area contributed by atoms with E-state index in [1.165, 1.54) is 51.0 Å². The summed E-state index contributed by atoms with van der Waals surface area (Å²) in [5, 5.41) is 12.7. The third-order valence-electron chi connectivity index (χ3n) is 5.19. The Morgan fingerprint density at radius 1 is 0.839 bits per heavy atom. The van der Waals surface area contributed by atoms with Gasteiger partial charge in [-0.1, -0.05) is 89.0 Å². The van der Waals surface area contributed by atoms with E-state index in [9.17, 15) is 18.1 Å². The number of unbranched alkanes of at least 4 members (excludes halogenated alkanes) is 9. The van der Waals surface area contributed by atoms with Gasteiger partial charge in [0.05, 0.1) is 4.90 Å². The van der Waals surface area contributed by atoms with E-state index in [1.54, 1.807) is 30.3 Å². The van der Waals surface area contributed by atoms with Crippen LogP contribution in [0.15, 0.2) is 47.4 Å². The van der Waals surface area contributed by atoms with Crippen LogP contribution in [-0.4, -0.2) is 13.0 Å². The smallest absolute Gasteiger partial charge is 0.869 e. The molecular weight excluding hydrogens is 423 g/mol. The van der Waals surface area contributed by atoms with Crippen LogP contribution in [0, 0.1) is 0 Å². The van der Waals surface area contributed by atoms with E-state index in [1.807, 2.05) is 6.07 Å². The molecule has 31 heavy (non-hydrogen) atoms. The molecule has 0 bridgehead atoms. The second-order valence-corrected chi connectivity index (χ2v) is 9.06. The minimum atomic E-state index is -4.63. The van der Waals surface area contributed by atoms with Crippen molar-refractivity contribution < 1.29 is 52.4 Å². The van der Waals surface area contributed by atoms with Crippen LogP contribution < -0.4 is 39.4 Å². The van der Waals surface area contributed by atoms with E-state index >= 15 is 0 Å². The van der Waals surface area contributed by atoms with E-state index in [2.05, 4.69) is 6.92 Å². The molecule has 0 aromatic heterocycles. The van der Waals surface area contributed by atoms with Crippen LogP contribution in [0.5, 0.6) is 17.2 Å². The van der Waals surface area contributed by atoms with Gasteiger partial charge >= 0.3 is 29.6 Å². The summed E-state index contributed by atoms with van der Waals surface area (Å²) < 4.78 is 38.9. The zero-order valence-electron chi connectivity index (χ0n) is 18.8. The van der Waals surface area contributed by atoms with Crippen molar-refractivity contribution in [3.63, 3.8) is 0 Å². The fraction of sp³-hybridized carbons (Fsp3) is 0.500. The van der Waals surface area contributed by atoms with Gasteiger partial charge in [0.25, 0.3) is 10.1 Å². The average molecular weight is 457 g/mol. The molecule has 1 N–H and O–H groups in total. The molecule has 7 heteroatoms. The Bertz CT molecular complexity index is 869. The van der Waals surface area contributed by atoms with E-state index in [4.69, 9.17) is 4.74 Å². The summed E-state index contributed by atoms with van der Waals surface area (Å²) in [6.07, 6.45) is 12.1. The monoisotopic (exact) mass is 456 g/mol. The van der Waals surface area contributed by atoms with Crippen LogP contribution in [0.1, 0.15) is 76.7 Å². The Labute approximate surface area is 209 Å². The molecule has 2 aromatic carbocycles. The first kappa shape index (κ1) is 28.0. The Kier molecular flexibility index (Phi) is 13.5. The van der Waals surface area contributed by atoms with Gasteiger partial charge in [-0.25, -0.2) is 0 Å². The van der Waals surface area contributed by atoms with Crippen LogP contribution in [0.25, 0.3) is 0 Å². The van der Waals surface area contributed by atoms with E-state index in [0.29, 0.717) is 17.7 Å². The second-order valence-electron chi connectivity index (χ2n) is 7.70. The van der Waals surface area contributed by atoms with Crippen LogP contribution in [0.4, 0.5) is 0 Å². The molecule has 0 aliphatic heterocycles. The topological polar surface area (TPSA) is 86.7 Å². The van der Waals surface area contributed by atoms with Gasteiger partial charge in [0, 0.05) is 0 Å². The normalized spacial score (nSPS) is 11.2. The second kappa shape index (κ2) is 14.9. The van der Waals surface area contributed by atoms with Crippen molar-refractivity contribution in [2.45, 2.75) is 82.4 Å². The maximum atomic E-state index is 12.7. The molecule has 5 nitrogen and oxygen atoms in total. The molecule has 0 atom stereocenters. The molecule has 0 aliphatic rings. The molecule has 0 saturated carbocycles. The molecule has 0 saturated heterocycles. The van der Waals surface area contributed by atoms with Gasteiger partial charge in [-0.15, -0.1) is 0 Å². The Morgan fingerprint density at radius 3 is 1.94 bits per heavy atom. The molecule has 0 aliphatic carbocycles. The summed E-state index contributed by atoms with van der Waals surface area (Å²) in [5.41, 5.74) is 0.350. The van der Waals surface area contributed by atoms with Gasteiger partial charge in [-0.2, -0.15) is 8.42 Å². The maximum Gasteiger partial charge on any atom is 1.00 e. The first-order valence-electron chi connectivity index (χ1n) is 11.0. The SMILES string of the molecule is CCCCCCCCCCCCc1ccc(Oc2ccccc2)c([O-])c1S(=O)(=O)O.[Na+]. The number of para-hydroxylation sites is 1. The number of rotatable bonds is 14. The van der Waals surface area contributed by atoms with E-state index in [-0.39, 0.29) is 35.3 Å². The maximum absolute atomic E-state index is 12.7. The number of hydrogen-bond donors (Lipinski definition) is 1. The van der Waals surface area contributed by atoms with Crippen molar-refractivity contribution in [1.82, 2.24) is 0 Å². The Balaban J connectivity index is 0.00000480. The molecule has 0 spiro atoms. The minimum absolute atomic E-state index is 0. The molecule has 2 aromatic rings. The summed E-state index contributed by atoms with van der Waals surface area (Å²) in [4.78, 5) is -0.563. The van der Waals surface area contributed by atoms with Crippen LogP contribution in [-0.2, 0) is 16.5 Å². The predicted molar refractivity (Wildman–Crippen MR) is 118 cm³/mol. The van der Waals surface area contributed by atoms with Gasteiger partial charge in [0.2, 0.25) is 0 Å². The molecule has 0 radical (unpaired) electrons. The molecule has 166 valence electrons. The van der Waals surface area contributed by atoms with Crippen LogP contribution in [0.2, 0.25) is 0 Å². The fourth-order valence-electron chi connectivity index (χ4n) is 3.56. The third-order valence-corrected chi connectivity index (χ3v) is 6.15. The van der Waals surface area contributed by atoms with Gasteiger partial charge in [-0.3, -0.25) is 4.55 Å². The summed E-state index contributed by atoms with van der Waals surface area (Å²) in [6.45, 7) is 2.22. The van der Waals surface area contributed by atoms with Gasteiger partial charge in [0.15, 0.2) is 0 Å². The average Bonchev–Trinajstić information content (AvgIpc) is 2.71. The van der Waals surface area contributed by atoms with Gasteiger partial charge in [0.1, 0.15) is 11.5 Å². The summed E-state index contributed by atoms with van der Waals surface area (Å²) >= 11 is 0. The summed E-state index contributed by atoms with van der Waals surface area (Å²) in [5.74, 6) is -0.482. The number of aryl methyl sites for hydroxylation is 1. The predicted octanol–water partition coefficient (Wildman–Crippen LogP) is 3.27. The standard InChI is InChI=1S/C24H34O5S.Na/c1-2-3-4-5-6-7-8-9-10-12-15-20-18-19-22(23(25)24(20)30(26,27)28)29-21-16-13-11-14-17-21;/h11,13-14,16-19,25H,2-10,12,15H2,1H3,(H,26,27,28);/q;+1/p-1. The fourth-order valence-corrected chi connectivity index (χ4v) is 4.40. The molecule has 0 heterocycles. The van der Waals surface area contributed by atoms with Crippen molar-refractivity contribution >= 4 is 10.1 Å². The minimum Gasteiger partial charge on any atom is -0.869 e. The Morgan fingerprint density at radius 2 is 1.39 bits per heavy atom. The van der Waals surface area contributed by atoms with Crippen molar-refractivity contribution in [2.75, 3.05) is 0 Å². The van der Waals surface area contributed by atoms with Crippen molar-refractivity contribution in [3.05, 3.63) is 48.0 Å². The van der Waals surface area contributed by atoms with Crippen molar-refractivity contribution in [1.29, 1.82) is 0 Å². The number of ether oxygens (including phenoxy) is 1. The summed E-state index contributed by atoms with van der Waals surface area (Å²) in [6, 6.07) is 11.7. The van der Waals surface area contributed by atoms with Crippen molar-refractivity contribution in [3.8, 4) is 17.2 Å².